The van der Waals surface area contributed by atoms with Crippen LogP contribution in [0.25, 0.3) is 0 Å². The maximum atomic E-state index is 13.8. The SMILES string of the molecule is CC1CCC(Nc2ncc(C(=O)NCc3cc(F)cc(C(F)(F)F)c3)c(C3(c4ccccc4)CC3)n2)CC1. The second-order valence-corrected chi connectivity index (χ2v) is 10.5. The van der Waals surface area contributed by atoms with E-state index in [9.17, 15) is 22.4 Å². The third kappa shape index (κ3) is 5.66. The monoisotopic (exact) mass is 526 g/mol. The Bertz CT molecular complexity index is 1300. The molecule has 38 heavy (non-hydrogen) atoms. The summed E-state index contributed by atoms with van der Waals surface area (Å²) in [5, 5.41) is 6.09. The van der Waals surface area contributed by atoms with Crippen LogP contribution < -0.4 is 10.6 Å². The van der Waals surface area contributed by atoms with Gasteiger partial charge < -0.3 is 10.6 Å². The van der Waals surface area contributed by atoms with E-state index in [0.29, 0.717) is 23.6 Å². The molecule has 2 aromatic carbocycles. The zero-order chi connectivity index (χ0) is 26.9. The molecule has 200 valence electrons. The maximum Gasteiger partial charge on any atom is 0.416 e. The van der Waals surface area contributed by atoms with Crippen LogP contribution in [-0.2, 0) is 18.1 Å². The fraction of sp³-hybridized carbons (Fsp3) is 0.414. The van der Waals surface area contributed by atoms with Gasteiger partial charge in [-0.3, -0.25) is 4.79 Å². The van der Waals surface area contributed by atoms with Crippen LogP contribution >= 0.6 is 0 Å². The summed E-state index contributed by atoms with van der Waals surface area (Å²) in [6.07, 6.45) is 2.75. The first-order chi connectivity index (χ1) is 18.1. The lowest BCUT2D eigenvalue weighted by Crippen LogP contribution is -2.29. The Morgan fingerprint density at radius 1 is 1.05 bits per heavy atom. The molecule has 0 spiro atoms. The molecule has 0 atom stereocenters. The van der Waals surface area contributed by atoms with Crippen LogP contribution in [0.2, 0.25) is 0 Å². The minimum absolute atomic E-state index is 0.0159. The Labute approximate surface area is 219 Å². The van der Waals surface area contributed by atoms with Crippen LogP contribution in [-0.4, -0.2) is 21.9 Å². The van der Waals surface area contributed by atoms with Crippen molar-refractivity contribution in [1.29, 1.82) is 0 Å². The van der Waals surface area contributed by atoms with Gasteiger partial charge in [0.2, 0.25) is 5.95 Å². The van der Waals surface area contributed by atoms with E-state index < -0.39 is 28.9 Å². The number of aromatic nitrogens is 2. The van der Waals surface area contributed by atoms with Gasteiger partial charge in [0.05, 0.1) is 16.8 Å². The van der Waals surface area contributed by atoms with Gasteiger partial charge in [-0.05, 0) is 73.8 Å². The van der Waals surface area contributed by atoms with E-state index in [1.165, 1.54) is 6.20 Å². The van der Waals surface area contributed by atoms with Gasteiger partial charge in [0.15, 0.2) is 0 Å². The van der Waals surface area contributed by atoms with Crippen LogP contribution in [0.4, 0.5) is 23.5 Å². The Kier molecular flexibility index (Phi) is 7.11. The molecule has 1 aromatic heterocycles. The largest absolute Gasteiger partial charge is 0.416 e. The molecule has 0 bridgehead atoms. The van der Waals surface area contributed by atoms with Gasteiger partial charge in [0.25, 0.3) is 5.91 Å². The molecule has 2 aliphatic rings. The molecule has 2 N–H and O–H groups in total. The summed E-state index contributed by atoms with van der Waals surface area (Å²) in [7, 11) is 0. The Hall–Kier alpha value is -3.49. The molecular formula is C29H30F4N4O. The molecule has 5 rings (SSSR count). The molecule has 0 unspecified atom stereocenters. The average molecular weight is 527 g/mol. The molecule has 3 aromatic rings. The quantitative estimate of drug-likeness (QED) is 0.339. The number of benzene rings is 2. The summed E-state index contributed by atoms with van der Waals surface area (Å²) in [6, 6.07) is 12.4. The third-order valence-corrected chi connectivity index (χ3v) is 7.65. The minimum atomic E-state index is -4.69. The highest BCUT2D eigenvalue weighted by Crippen LogP contribution is 2.53. The highest BCUT2D eigenvalue weighted by molar-refractivity contribution is 5.95. The number of hydrogen-bond acceptors (Lipinski definition) is 4. The lowest BCUT2D eigenvalue weighted by Gasteiger charge is -2.27. The van der Waals surface area contributed by atoms with Crippen molar-refractivity contribution < 1.29 is 22.4 Å². The van der Waals surface area contributed by atoms with Crippen molar-refractivity contribution in [2.75, 3.05) is 5.32 Å². The average Bonchev–Trinajstić information content (AvgIpc) is 3.70. The third-order valence-electron chi connectivity index (χ3n) is 7.65. The van der Waals surface area contributed by atoms with Crippen LogP contribution in [0.15, 0.2) is 54.7 Å². The number of amides is 1. The summed E-state index contributed by atoms with van der Waals surface area (Å²) in [5.41, 5.74) is 0.391. The molecule has 5 nitrogen and oxygen atoms in total. The lowest BCUT2D eigenvalue weighted by molar-refractivity contribution is -0.137. The number of alkyl halides is 3. The number of rotatable bonds is 7. The number of carbonyl (C=O) groups is 1. The summed E-state index contributed by atoms with van der Waals surface area (Å²) in [6.45, 7) is 1.99. The van der Waals surface area contributed by atoms with Gasteiger partial charge in [0.1, 0.15) is 5.82 Å². The van der Waals surface area contributed by atoms with Crippen molar-refractivity contribution >= 4 is 11.9 Å². The first-order valence-corrected chi connectivity index (χ1v) is 13.0. The Balaban J connectivity index is 1.42. The number of nitrogens with one attached hydrogen (secondary N) is 2. The molecule has 0 aliphatic heterocycles. The summed E-state index contributed by atoms with van der Waals surface area (Å²) >= 11 is 0. The molecule has 2 fully saturated rings. The fourth-order valence-corrected chi connectivity index (χ4v) is 5.31. The minimum Gasteiger partial charge on any atom is -0.351 e. The first kappa shape index (κ1) is 26.1. The molecule has 2 saturated carbocycles. The van der Waals surface area contributed by atoms with Gasteiger partial charge in [-0.25, -0.2) is 14.4 Å². The van der Waals surface area contributed by atoms with E-state index in [1.54, 1.807) is 0 Å². The van der Waals surface area contributed by atoms with Crippen molar-refractivity contribution in [2.24, 2.45) is 5.92 Å². The number of hydrogen-bond donors (Lipinski definition) is 2. The van der Waals surface area contributed by atoms with Gasteiger partial charge in [-0.15, -0.1) is 0 Å². The van der Waals surface area contributed by atoms with Crippen molar-refractivity contribution in [2.45, 2.75) is 69.6 Å². The number of halogens is 4. The number of carbonyl (C=O) groups excluding carboxylic acids is 1. The van der Waals surface area contributed by atoms with Crippen LogP contribution in [0.3, 0.4) is 0 Å². The zero-order valence-electron chi connectivity index (χ0n) is 21.1. The smallest absolute Gasteiger partial charge is 0.351 e. The normalized spacial score (nSPS) is 20.6. The Morgan fingerprint density at radius 3 is 2.42 bits per heavy atom. The van der Waals surface area contributed by atoms with E-state index in [1.807, 2.05) is 30.3 Å². The lowest BCUT2D eigenvalue weighted by atomic mass is 9.87. The molecule has 1 heterocycles. The second-order valence-electron chi connectivity index (χ2n) is 10.5. The highest BCUT2D eigenvalue weighted by Gasteiger charge is 2.49. The van der Waals surface area contributed by atoms with Crippen LogP contribution in [0.1, 0.15) is 78.2 Å². The van der Waals surface area contributed by atoms with Crippen molar-refractivity contribution in [3.8, 4) is 0 Å². The Morgan fingerprint density at radius 2 is 1.76 bits per heavy atom. The summed E-state index contributed by atoms with van der Waals surface area (Å²) in [5.74, 6) is -0.355. The fourth-order valence-electron chi connectivity index (χ4n) is 5.31. The standard InChI is InChI=1S/C29H30F4N4O/c1-18-7-9-23(10-8-18)36-27-35-17-24(25(37-27)28(11-12-28)20-5-3-2-4-6-20)26(38)34-16-19-13-21(29(31,32)33)15-22(30)14-19/h2-6,13-15,17-18,23H,7-12,16H2,1H3,(H,34,38)(H,35,36,37). The molecule has 0 saturated heterocycles. The predicted molar refractivity (Wildman–Crippen MR) is 136 cm³/mol. The van der Waals surface area contributed by atoms with Crippen molar-refractivity contribution in [3.05, 3.63) is 88.5 Å². The molecular weight excluding hydrogens is 496 g/mol. The van der Waals surface area contributed by atoms with E-state index in [2.05, 4.69) is 22.5 Å². The second kappa shape index (κ2) is 10.3. The van der Waals surface area contributed by atoms with Gasteiger partial charge in [0, 0.05) is 24.2 Å². The topological polar surface area (TPSA) is 66.9 Å². The van der Waals surface area contributed by atoms with Gasteiger partial charge in [-0.2, -0.15) is 13.2 Å². The zero-order valence-corrected chi connectivity index (χ0v) is 21.1. The molecule has 9 heteroatoms. The van der Waals surface area contributed by atoms with E-state index >= 15 is 0 Å². The predicted octanol–water partition coefficient (Wildman–Crippen LogP) is 6.64. The maximum absolute atomic E-state index is 13.8. The summed E-state index contributed by atoms with van der Waals surface area (Å²) < 4.78 is 53.2. The van der Waals surface area contributed by atoms with Crippen molar-refractivity contribution in [3.63, 3.8) is 0 Å². The van der Waals surface area contributed by atoms with Gasteiger partial charge in [-0.1, -0.05) is 37.3 Å². The number of nitrogens with zero attached hydrogens (tertiary/aromatic N) is 2. The van der Waals surface area contributed by atoms with E-state index in [-0.39, 0.29) is 23.7 Å². The van der Waals surface area contributed by atoms with Crippen molar-refractivity contribution in [1.82, 2.24) is 15.3 Å². The number of anilines is 1. The highest BCUT2D eigenvalue weighted by atomic mass is 19.4. The molecule has 2 aliphatic carbocycles. The molecule has 1 amide bonds. The van der Waals surface area contributed by atoms with E-state index in [4.69, 9.17) is 4.98 Å². The van der Waals surface area contributed by atoms with Gasteiger partial charge >= 0.3 is 6.18 Å². The van der Waals surface area contributed by atoms with Crippen LogP contribution in [0.5, 0.6) is 0 Å². The van der Waals surface area contributed by atoms with Crippen LogP contribution in [0, 0.1) is 11.7 Å². The molecule has 0 radical (unpaired) electrons. The summed E-state index contributed by atoms with van der Waals surface area (Å²) in [4.78, 5) is 22.6. The van der Waals surface area contributed by atoms with E-state index in [0.717, 1.165) is 56.2 Å². The first-order valence-electron chi connectivity index (χ1n) is 13.0.